The van der Waals surface area contributed by atoms with Gasteiger partial charge in [-0.15, -0.1) is 11.3 Å². The number of carbonyl (C=O) groups is 1. The van der Waals surface area contributed by atoms with Crippen molar-refractivity contribution in [3.63, 3.8) is 0 Å². The summed E-state index contributed by atoms with van der Waals surface area (Å²) in [7, 11) is 0. The SMILES string of the molecule is O=C(O)CN(Cc1cc(Br)c(Cl)s1)C1CCCC1. The van der Waals surface area contributed by atoms with Crippen LogP contribution in [0, 0.1) is 0 Å². The molecule has 1 fully saturated rings. The average molecular weight is 353 g/mol. The first-order valence-electron chi connectivity index (χ1n) is 5.96. The molecule has 1 aromatic rings. The molecule has 0 bridgehead atoms. The number of hydrogen-bond acceptors (Lipinski definition) is 3. The molecule has 0 aliphatic heterocycles. The molecule has 0 unspecified atom stereocenters. The highest BCUT2D eigenvalue weighted by atomic mass is 79.9. The average Bonchev–Trinajstić information content (AvgIpc) is 2.88. The predicted octanol–water partition coefficient (Wildman–Crippen LogP) is 3.99. The van der Waals surface area contributed by atoms with Crippen LogP contribution < -0.4 is 0 Å². The van der Waals surface area contributed by atoms with Gasteiger partial charge >= 0.3 is 5.97 Å². The van der Waals surface area contributed by atoms with Gasteiger partial charge < -0.3 is 5.11 Å². The molecule has 3 nitrogen and oxygen atoms in total. The van der Waals surface area contributed by atoms with Crippen molar-refractivity contribution in [2.45, 2.75) is 38.3 Å². The summed E-state index contributed by atoms with van der Waals surface area (Å²) in [6.07, 6.45) is 4.62. The van der Waals surface area contributed by atoms with E-state index in [0.717, 1.165) is 26.5 Å². The second kappa shape index (κ2) is 6.37. The Labute approximate surface area is 124 Å². The molecule has 1 N–H and O–H groups in total. The third-order valence-electron chi connectivity index (χ3n) is 3.23. The summed E-state index contributed by atoms with van der Waals surface area (Å²) in [5.74, 6) is -0.761. The minimum atomic E-state index is -0.761. The van der Waals surface area contributed by atoms with Crippen molar-refractivity contribution in [3.8, 4) is 0 Å². The van der Waals surface area contributed by atoms with Crippen LogP contribution in [0.1, 0.15) is 30.6 Å². The van der Waals surface area contributed by atoms with Crippen LogP contribution in [0.2, 0.25) is 4.34 Å². The largest absolute Gasteiger partial charge is 0.480 e. The molecule has 1 heterocycles. The molecule has 0 radical (unpaired) electrons. The summed E-state index contributed by atoms with van der Waals surface area (Å²) in [5.41, 5.74) is 0. The fourth-order valence-electron chi connectivity index (χ4n) is 2.43. The van der Waals surface area contributed by atoms with Crippen molar-refractivity contribution >= 4 is 44.8 Å². The van der Waals surface area contributed by atoms with Crippen LogP contribution in [0.25, 0.3) is 0 Å². The van der Waals surface area contributed by atoms with Crippen LogP contribution in [0.3, 0.4) is 0 Å². The lowest BCUT2D eigenvalue weighted by Gasteiger charge is -2.26. The first-order chi connectivity index (χ1) is 8.56. The first-order valence-corrected chi connectivity index (χ1v) is 7.94. The maximum atomic E-state index is 11.0. The minimum absolute atomic E-state index is 0.109. The van der Waals surface area contributed by atoms with Gasteiger partial charge in [-0.2, -0.15) is 0 Å². The Kier molecular flexibility index (Phi) is 5.06. The van der Waals surface area contributed by atoms with Gasteiger partial charge in [0.05, 0.1) is 6.54 Å². The van der Waals surface area contributed by atoms with Crippen molar-refractivity contribution in [2.24, 2.45) is 0 Å². The number of hydrogen-bond donors (Lipinski definition) is 1. The van der Waals surface area contributed by atoms with Gasteiger partial charge in [-0.05, 0) is 34.8 Å². The molecule has 1 aliphatic rings. The molecule has 0 spiro atoms. The first kappa shape index (κ1) is 14.3. The molecule has 0 amide bonds. The zero-order valence-electron chi connectivity index (χ0n) is 9.86. The van der Waals surface area contributed by atoms with E-state index in [-0.39, 0.29) is 6.54 Å². The highest BCUT2D eigenvalue weighted by Crippen LogP contribution is 2.34. The molecule has 0 saturated heterocycles. The van der Waals surface area contributed by atoms with E-state index >= 15 is 0 Å². The van der Waals surface area contributed by atoms with Gasteiger partial charge in [0.1, 0.15) is 4.34 Å². The highest BCUT2D eigenvalue weighted by Gasteiger charge is 2.25. The van der Waals surface area contributed by atoms with Crippen LogP contribution >= 0.6 is 38.9 Å². The van der Waals surface area contributed by atoms with Gasteiger partial charge in [0.25, 0.3) is 0 Å². The van der Waals surface area contributed by atoms with Crippen molar-refractivity contribution in [2.75, 3.05) is 6.54 Å². The van der Waals surface area contributed by atoms with E-state index in [9.17, 15) is 4.79 Å². The molecule has 0 atom stereocenters. The molecule has 18 heavy (non-hydrogen) atoms. The monoisotopic (exact) mass is 351 g/mol. The van der Waals surface area contributed by atoms with Gasteiger partial charge in [-0.1, -0.05) is 24.4 Å². The fraction of sp³-hybridized carbons (Fsp3) is 0.583. The van der Waals surface area contributed by atoms with Crippen molar-refractivity contribution in [1.29, 1.82) is 0 Å². The third-order valence-corrected chi connectivity index (χ3v) is 5.69. The summed E-state index contributed by atoms with van der Waals surface area (Å²) in [4.78, 5) is 14.1. The van der Waals surface area contributed by atoms with E-state index in [1.165, 1.54) is 24.2 Å². The van der Waals surface area contributed by atoms with Crippen LogP contribution in [0.15, 0.2) is 10.5 Å². The molecule has 0 aromatic carbocycles. The predicted molar refractivity (Wildman–Crippen MR) is 77.3 cm³/mol. The van der Waals surface area contributed by atoms with E-state index in [0.29, 0.717) is 12.6 Å². The molecular formula is C12H15BrClNO2S. The number of carboxylic acid groups (broad SMARTS) is 1. The molecule has 100 valence electrons. The standard InChI is InChI=1S/C12H15BrClNO2S/c13-10-5-9(18-12(10)14)6-15(7-11(16)17)8-3-1-2-4-8/h5,8H,1-4,6-7H2,(H,16,17). The maximum Gasteiger partial charge on any atom is 0.317 e. The zero-order valence-corrected chi connectivity index (χ0v) is 13.0. The molecule has 1 aromatic heterocycles. The van der Waals surface area contributed by atoms with Gasteiger partial charge in [0.15, 0.2) is 0 Å². The normalized spacial score (nSPS) is 16.6. The van der Waals surface area contributed by atoms with Crippen LogP contribution in [-0.2, 0) is 11.3 Å². The number of rotatable bonds is 5. The highest BCUT2D eigenvalue weighted by molar-refractivity contribution is 9.10. The number of carboxylic acids is 1. The molecule has 6 heteroatoms. The Hall–Kier alpha value is -0.100. The van der Waals surface area contributed by atoms with Crippen molar-refractivity contribution in [3.05, 3.63) is 19.8 Å². The van der Waals surface area contributed by atoms with Crippen LogP contribution in [0.5, 0.6) is 0 Å². The number of aliphatic carboxylic acids is 1. The second-order valence-electron chi connectivity index (χ2n) is 4.57. The Morgan fingerprint density at radius 2 is 2.22 bits per heavy atom. The zero-order chi connectivity index (χ0) is 13.1. The molecule has 1 aliphatic carbocycles. The Bertz CT molecular complexity index is 412. The van der Waals surface area contributed by atoms with Gasteiger partial charge in [0.2, 0.25) is 0 Å². The van der Waals surface area contributed by atoms with E-state index < -0.39 is 5.97 Å². The van der Waals surface area contributed by atoms with Crippen molar-refractivity contribution in [1.82, 2.24) is 4.90 Å². The minimum Gasteiger partial charge on any atom is -0.480 e. The van der Waals surface area contributed by atoms with E-state index in [4.69, 9.17) is 16.7 Å². The lowest BCUT2D eigenvalue weighted by Crippen LogP contribution is -2.36. The van der Waals surface area contributed by atoms with Crippen LogP contribution in [-0.4, -0.2) is 28.6 Å². The maximum absolute atomic E-state index is 11.0. The Morgan fingerprint density at radius 1 is 1.56 bits per heavy atom. The fourth-order valence-corrected chi connectivity index (χ4v) is 4.24. The lowest BCUT2D eigenvalue weighted by molar-refractivity contribution is -0.139. The Morgan fingerprint density at radius 3 is 2.72 bits per heavy atom. The summed E-state index contributed by atoms with van der Waals surface area (Å²) in [6.45, 7) is 0.782. The third kappa shape index (κ3) is 3.70. The summed E-state index contributed by atoms with van der Waals surface area (Å²) < 4.78 is 1.62. The van der Waals surface area contributed by atoms with E-state index in [2.05, 4.69) is 20.8 Å². The number of halogens is 2. The molecule has 1 saturated carbocycles. The second-order valence-corrected chi connectivity index (χ2v) is 7.16. The number of nitrogens with zero attached hydrogens (tertiary/aromatic N) is 1. The summed E-state index contributed by atoms with van der Waals surface area (Å²) in [6, 6.07) is 2.39. The topological polar surface area (TPSA) is 40.5 Å². The van der Waals surface area contributed by atoms with E-state index in [1.54, 1.807) is 0 Å². The lowest BCUT2D eigenvalue weighted by atomic mass is 10.2. The summed E-state index contributed by atoms with van der Waals surface area (Å²) >= 11 is 10.9. The van der Waals surface area contributed by atoms with E-state index in [1.807, 2.05) is 6.07 Å². The van der Waals surface area contributed by atoms with Gasteiger partial charge in [-0.25, -0.2) is 0 Å². The molecule has 2 rings (SSSR count). The summed E-state index contributed by atoms with van der Waals surface area (Å²) in [5, 5.41) is 9.01. The quantitative estimate of drug-likeness (QED) is 0.871. The van der Waals surface area contributed by atoms with Gasteiger partial charge in [-0.3, -0.25) is 9.69 Å². The Balaban J connectivity index is 2.06. The smallest absolute Gasteiger partial charge is 0.317 e. The number of thiophene rings is 1. The van der Waals surface area contributed by atoms with Crippen molar-refractivity contribution < 1.29 is 9.90 Å². The van der Waals surface area contributed by atoms with Gasteiger partial charge in [0, 0.05) is 21.9 Å². The van der Waals surface area contributed by atoms with Crippen LogP contribution in [0.4, 0.5) is 0 Å². The molecular weight excluding hydrogens is 338 g/mol.